The summed E-state index contributed by atoms with van der Waals surface area (Å²) in [6.45, 7) is 2.63. The van der Waals surface area contributed by atoms with Crippen LogP contribution in [0.3, 0.4) is 0 Å². The van der Waals surface area contributed by atoms with Crippen molar-refractivity contribution in [3.63, 3.8) is 0 Å². The van der Waals surface area contributed by atoms with Crippen LogP contribution >= 0.6 is 0 Å². The largest absolute Gasteiger partial charge is 0.393 e. The molecule has 0 radical (unpaired) electrons. The third-order valence-electron chi connectivity index (χ3n) is 2.14. The summed E-state index contributed by atoms with van der Waals surface area (Å²) in [5.41, 5.74) is -1.22. The molecule has 0 saturated carbocycles. The minimum absolute atomic E-state index is 0.0227. The van der Waals surface area contributed by atoms with Crippen molar-refractivity contribution in [2.75, 3.05) is 26.2 Å². The summed E-state index contributed by atoms with van der Waals surface area (Å²) in [6, 6.07) is 0. The van der Waals surface area contributed by atoms with Crippen LogP contribution in [0.4, 0.5) is 0 Å². The average molecular weight is 188 g/mol. The van der Waals surface area contributed by atoms with Crippen molar-refractivity contribution in [3.8, 4) is 0 Å². The summed E-state index contributed by atoms with van der Waals surface area (Å²) >= 11 is 0. The number of hydrogen-bond acceptors (Lipinski definition) is 4. The number of aliphatic hydroxyl groups is 2. The summed E-state index contributed by atoms with van der Waals surface area (Å²) < 4.78 is 0. The second-order valence-corrected chi connectivity index (χ2v) is 3.73. The highest BCUT2D eigenvalue weighted by Crippen LogP contribution is 2.04. The van der Waals surface area contributed by atoms with Crippen molar-refractivity contribution in [2.45, 2.75) is 12.5 Å². The Balaban J connectivity index is 2.21. The molecular weight excluding hydrogens is 172 g/mol. The molecule has 1 atom stereocenters. The lowest BCUT2D eigenvalue weighted by Gasteiger charge is -2.28. The zero-order valence-electron chi connectivity index (χ0n) is 7.71. The highest BCUT2D eigenvalue weighted by molar-refractivity contribution is 5.80. The first kappa shape index (κ1) is 10.4. The fourth-order valence-corrected chi connectivity index (χ4v) is 0.952. The van der Waals surface area contributed by atoms with Crippen LogP contribution in [-0.4, -0.2) is 48.0 Å². The van der Waals surface area contributed by atoms with Gasteiger partial charge in [0.25, 0.3) is 0 Å². The van der Waals surface area contributed by atoms with Gasteiger partial charge in [-0.15, -0.1) is 0 Å². The first-order valence-electron chi connectivity index (χ1n) is 4.37. The van der Waals surface area contributed by atoms with Gasteiger partial charge in [-0.1, -0.05) is 0 Å². The number of carbonyl (C=O) groups excluding carboxylic acids is 1. The number of amides is 1. The standard InChI is InChI=1S/C8H16N2O3/c1-8(13,5-11)4-10-7(12)6-2-9-3-6/h6,9,11,13H,2-5H2,1H3,(H,10,12). The van der Waals surface area contributed by atoms with E-state index in [4.69, 9.17) is 5.11 Å². The van der Waals surface area contributed by atoms with E-state index in [-0.39, 0.29) is 25.0 Å². The lowest BCUT2D eigenvalue weighted by molar-refractivity contribution is -0.127. The molecule has 1 fully saturated rings. The molecule has 5 nitrogen and oxygen atoms in total. The summed E-state index contributed by atoms with van der Waals surface area (Å²) in [5, 5.41) is 23.6. The molecule has 4 N–H and O–H groups in total. The summed E-state index contributed by atoms with van der Waals surface area (Å²) in [7, 11) is 0. The highest BCUT2D eigenvalue weighted by atomic mass is 16.3. The zero-order chi connectivity index (χ0) is 9.90. The van der Waals surface area contributed by atoms with Crippen LogP contribution in [0.2, 0.25) is 0 Å². The Morgan fingerprint density at radius 1 is 1.69 bits per heavy atom. The van der Waals surface area contributed by atoms with Gasteiger partial charge in [-0.25, -0.2) is 0 Å². The molecule has 1 saturated heterocycles. The second-order valence-electron chi connectivity index (χ2n) is 3.73. The minimum Gasteiger partial charge on any atom is -0.393 e. The lowest BCUT2D eigenvalue weighted by Crippen LogP contribution is -2.53. The van der Waals surface area contributed by atoms with Gasteiger partial charge in [0.15, 0.2) is 0 Å². The fraction of sp³-hybridized carbons (Fsp3) is 0.875. The third kappa shape index (κ3) is 2.95. The summed E-state index contributed by atoms with van der Waals surface area (Å²) in [6.07, 6.45) is 0. The number of aliphatic hydroxyl groups excluding tert-OH is 1. The van der Waals surface area contributed by atoms with E-state index in [1.165, 1.54) is 6.92 Å². The second kappa shape index (κ2) is 4.04. The third-order valence-corrected chi connectivity index (χ3v) is 2.14. The van der Waals surface area contributed by atoms with Gasteiger partial charge < -0.3 is 20.8 Å². The highest BCUT2D eigenvalue weighted by Gasteiger charge is 2.27. The van der Waals surface area contributed by atoms with Crippen LogP contribution in [0.1, 0.15) is 6.92 Å². The van der Waals surface area contributed by atoms with Crippen LogP contribution in [0.25, 0.3) is 0 Å². The Hall–Kier alpha value is -0.650. The van der Waals surface area contributed by atoms with E-state index in [1.807, 2.05) is 0 Å². The normalized spacial score (nSPS) is 21.8. The topological polar surface area (TPSA) is 81.6 Å². The molecule has 1 amide bonds. The van der Waals surface area contributed by atoms with Crippen LogP contribution in [0.5, 0.6) is 0 Å². The Labute approximate surface area is 77.1 Å². The summed E-state index contributed by atoms with van der Waals surface area (Å²) in [5.74, 6) is -0.0398. The van der Waals surface area contributed by atoms with E-state index in [9.17, 15) is 9.90 Å². The fourth-order valence-electron chi connectivity index (χ4n) is 0.952. The van der Waals surface area contributed by atoms with Crippen LogP contribution in [0, 0.1) is 5.92 Å². The van der Waals surface area contributed by atoms with Gasteiger partial charge in [0.2, 0.25) is 5.91 Å². The van der Waals surface area contributed by atoms with E-state index >= 15 is 0 Å². The molecule has 0 aromatic heterocycles. The maximum Gasteiger partial charge on any atom is 0.225 e. The molecule has 0 aliphatic carbocycles. The molecule has 0 aromatic carbocycles. The van der Waals surface area contributed by atoms with E-state index < -0.39 is 5.60 Å². The SMILES string of the molecule is CC(O)(CO)CNC(=O)C1CNC1. The molecule has 13 heavy (non-hydrogen) atoms. The van der Waals surface area contributed by atoms with E-state index in [0.29, 0.717) is 13.1 Å². The zero-order valence-corrected chi connectivity index (χ0v) is 7.71. The predicted octanol–water partition coefficient (Wildman–Crippen LogP) is -1.93. The first-order valence-corrected chi connectivity index (χ1v) is 4.37. The molecule has 0 aromatic rings. The number of hydrogen-bond donors (Lipinski definition) is 4. The monoisotopic (exact) mass is 188 g/mol. The Morgan fingerprint density at radius 2 is 2.31 bits per heavy atom. The van der Waals surface area contributed by atoms with E-state index in [1.54, 1.807) is 0 Å². The Kier molecular flexibility index (Phi) is 3.24. The quantitative estimate of drug-likeness (QED) is 0.414. The van der Waals surface area contributed by atoms with Gasteiger partial charge in [0, 0.05) is 19.6 Å². The van der Waals surface area contributed by atoms with E-state index in [0.717, 1.165) is 0 Å². The van der Waals surface area contributed by atoms with Gasteiger partial charge in [0.05, 0.1) is 12.5 Å². The maximum absolute atomic E-state index is 11.2. The van der Waals surface area contributed by atoms with Gasteiger partial charge >= 0.3 is 0 Å². The van der Waals surface area contributed by atoms with Gasteiger partial charge in [-0.3, -0.25) is 4.79 Å². The molecule has 0 spiro atoms. The molecule has 1 rings (SSSR count). The lowest BCUT2D eigenvalue weighted by atomic mass is 10.0. The van der Waals surface area contributed by atoms with Gasteiger partial charge in [-0.2, -0.15) is 0 Å². The first-order chi connectivity index (χ1) is 6.05. The molecule has 0 bridgehead atoms. The molecule has 1 aliphatic heterocycles. The maximum atomic E-state index is 11.2. The van der Waals surface area contributed by atoms with Crippen LogP contribution in [-0.2, 0) is 4.79 Å². The van der Waals surface area contributed by atoms with Crippen molar-refractivity contribution in [1.82, 2.24) is 10.6 Å². The van der Waals surface area contributed by atoms with Crippen molar-refractivity contribution < 1.29 is 15.0 Å². The molecular formula is C8H16N2O3. The van der Waals surface area contributed by atoms with Crippen molar-refractivity contribution in [1.29, 1.82) is 0 Å². The number of rotatable bonds is 4. The average Bonchev–Trinajstić information content (AvgIpc) is 1.98. The molecule has 1 aliphatic rings. The van der Waals surface area contributed by atoms with Crippen LogP contribution in [0.15, 0.2) is 0 Å². The van der Waals surface area contributed by atoms with Gasteiger partial charge in [-0.05, 0) is 6.92 Å². The molecule has 1 heterocycles. The van der Waals surface area contributed by atoms with E-state index in [2.05, 4.69) is 10.6 Å². The molecule has 76 valence electrons. The smallest absolute Gasteiger partial charge is 0.225 e. The number of nitrogens with one attached hydrogen (secondary N) is 2. The Bertz CT molecular complexity index is 190. The van der Waals surface area contributed by atoms with Crippen LogP contribution < -0.4 is 10.6 Å². The van der Waals surface area contributed by atoms with Crippen molar-refractivity contribution >= 4 is 5.91 Å². The summed E-state index contributed by atoms with van der Waals surface area (Å²) in [4.78, 5) is 11.2. The predicted molar refractivity (Wildman–Crippen MR) is 47.1 cm³/mol. The molecule has 1 unspecified atom stereocenters. The van der Waals surface area contributed by atoms with Crippen molar-refractivity contribution in [2.24, 2.45) is 5.92 Å². The number of carbonyl (C=O) groups is 1. The van der Waals surface area contributed by atoms with Crippen molar-refractivity contribution in [3.05, 3.63) is 0 Å². The molecule has 5 heteroatoms. The van der Waals surface area contributed by atoms with Gasteiger partial charge in [0.1, 0.15) is 5.60 Å². The minimum atomic E-state index is -1.22. The Morgan fingerprint density at radius 3 is 2.69 bits per heavy atom.